The Balaban J connectivity index is 2.17. The maximum atomic E-state index is 14.4. The van der Waals surface area contributed by atoms with Crippen LogP contribution in [0.3, 0.4) is 0 Å². The van der Waals surface area contributed by atoms with Crippen LogP contribution in [-0.2, 0) is 14.3 Å². The Hall–Kier alpha value is -1.85. The number of amides is 1. The molecule has 5 nitrogen and oxygen atoms in total. The Morgan fingerprint density at radius 3 is 2.59 bits per heavy atom. The second kappa shape index (κ2) is 6.10. The largest absolute Gasteiger partial charge is 0.469 e. The molecule has 2 aliphatic rings. The minimum atomic E-state index is -1.30. The lowest BCUT2D eigenvalue weighted by molar-refractivity contribution is -0.145. The molecule has 22 heavy (non-hydrogen) atoms. The summed E-state index contributed by atoms with van der Waals surface area (Å²) >= 11 is 0. The molecule has 0 spiro atoms. The van der Waals surface area contributed by atoms with E-state index in [4.69, 9.17) is 9.47 Å². The van der Waals surface area contributed by atoms with Crippen LogP contribution in [0.25, 0.3) is 0 Å². The quantitative estimate of drug-likeness (QED) is 0.698. The van der Waals surface area contributed by atoms with E-state index in [-0.39, 0.29) is 13.1 Å². The molecule has 1 saturated heterocycles. The van der Waals surface area contributed by atoms with Crippen LogP contribution < -0.4 is 0 Å². The van der Waals surface area contributed by atoms with E-state index < -0.39 is 35.7 Å². The molecule has 0 N–H and O–H groups in total. The van der Waals surface area contributed by atoms with Crippen molar-refractivity contribution in [2.45, 2.75) is 32.5 Å². The highest BCUT2D eigenvalue weighted by atomic mass is 19.1. The number of piperidine rings is 1. The molecule has 3 atom stereocenters. The zero-order valence-electron chi connectivity index (χ0n) is 13.3. The summed E-state index contributed by atoms with van der Waals surface area (Å²) in [7, 11) is 1.30. The summed E-state index contributed by atoms with van der Waals surface area (Å²) in [5.41, 5.74) is -0.106. The average Bonchev–Trinajstić information content (AvgIpc) is 2.44. The molecule has 0 radical (unpaired) electrons. The lowest BCUT2D eigenvalue weighted by Crippen LogP contribution is -2.51. The summed E-state index contributed by atoms with van der Waals surface area (Å²) in [5.74, 6) is -1.41. The fraction of sp³-hybridized carbons (Fsp3) is 0.625. The number of ether oxygens (including phenoxy) is 2. The van der Waals surface area contributed by atoms with Gasteiger partial charge in [0.25, 0.3) is 0 Å². The normalized spacial score (nSPS) is 27.8. The van der Waals surface area contributed by atoms with Gasteiger partial charge in [0, 0.05) is 12.5 Å². The number of hydrogen-bond acceptors (Lipinski definition) is 4. The highest BCUT2D eigenvalue weighted by Gasteiger charge is 2.42. The number of nitrogens with zero attached hydrogens (tertiary/aromatic N) is 1. The van der Waals surface area contributed by atoms with Gasteiger partial charge in [-0.2, -0.15) is 0 Å². The average molecular weight is 311 g/mol. The van der Waals surface area contributed by atoms with E-state index in [9.17, 15) is 14.0 Å². The van der Waals surface area contributed by atoms with Gasteiger partial charge in [-0.1, -0.05) is 18.2 Å². The molecule has 1 heterocycles. The van der Waals surface area contributed by atoms with E-state index in [0.29, 0.717) is 5.57 Å². The van der Waals surface area contributed by atoms with Crippen molar-refractivity contribution in [3.63, 3.8) is 0 Å². The molecular formula is C16H22FNO4. The predicted octanol–water partition coefficient (Wildman–Crippen LogP) is 2.48. The van der Waals surface area contributed by atoms with Crippen molar-refractivity contribution in [2.75, 3.05) is 20.2 Å². The highest BCUT2D eigenvalue weighted by molar-refractivity contribution is 5.76. The third-order valence-corrected chi connectivity index (χ3v) is 3.75. The number of esters is 1. The molecule has 0 aromatic rings. The second-order valence-electron chi connectivity index (χ2n) is 6.56. The van der Waals surface area contributed by atoms with Gasteiger partial charge >= 0.3 is 12.1 Å². The minimum Gasteiger partial charge on any atom is -0.469 e. The molecule has 0 aromatic heterocycles. The second-order valence-corrected chi connectivity index (χ2v) is 6.56. The van der Waals surface area contributed by atoms with Crippen LogP contribution in [0.15, 0.2) is 23.8 Å². The van der Waals surface area contributed by atoms with E-state index in [1.165, 1.54) is 12.0 Å². The number of rotatable bonds is 1. The summed E-state index contributed by atoms with van der Waals surface area (Å²) < 4.78 is 24.5. The van der Waals surface area contributed by atoms with E-state index in [1.807, 2.05) is 0 Å². The molecule has 1 aliphatic heterocycles. The number of methoxy groups -OCH3 is 1. The lowest BCUT2D eigenvalue weighted by Gasteiger charge is -2.40. The highest BCUT2D eigenvalue weighted by Crippen LogP contribution is 2.35. The minimum absolute atomic E-state index is 0.0566. The summed E-state index contributed by atoms with van der Waals surface area (Å²) in [6.45, 7) is 5.46. The van der Waals surface area contributed by atoms with Crippen molar-refractivity contribution in [3.8, 4) is 0 Å². The van der Waals surface area contributed by atoms with Gasteiger partial charge in [-0.25, -0.2) is 9.18 Å². The molecule has 2 rings (SSSR count). The summed E-state index contributed by atoms with van der Waals surface area (Å²) in [6, 6.07) is 0. The summed E-state index contributed by atoms with van der Waals surface area (Å²) in [6.07, 6.45) is 3.17. The van der Waals surface area contributed by atoms with Crippen molar-refractivity contribution >= 4 is 12.1 Å². The number of halogens is 1. The van der Waals surface area contributed by atoms with Gasteiger partial charge < -0.3 is 14.4 Å². The number of hydrogen-bond donors (Lipinski definition) is 0. The van der Waals surface area contributed by atoms with Crippen molar-refractivity contribution < 1.29 is 23.5 Å². The molecule has 6 heteroatoms. The lowest BCUT2D eigenvalue weighted by atomic mass is 9.77. The predicted molar refractivity (Wildman–Crippen MR) is 78.9 cm³/mol. The molecule has 1 amide bonds. The van der Waals surface area contributed by atoms with Gasteiger partial charge in [-0.05, 0) is 26.3 Å². The van der Waals surface area contributed by atoms with E-state index in [0.717, 1.165) is 0 Å². The molecule has 122 valence electrons. The van der Waals surface area contributed by atoms with Gasteiger partial charge in [0.2, 0.25) is 0 Å². The number of fused-ring (bicyclic) bond motifs is 1. The molecule has 0 unspecified atom stereocenters. The molecule has 1 aliphatic carbocycles. The molecule has 1 fully saturated rings. The zero-order chi connectivity index (χ0) is 16.5. The first-order valence-corrected chi connectivity index (χ1v) is 7.31. The maximum absolute atomic E-state index is 14.4. The Bertz CT molecular complexity index is 521. The van der Waals surface area contributed by atoms with Gasteiger partial charge in [-0.15, -0.1) is 0 Å². The van der Waals surface area contributed by atoms with E-state index in [2.05, 4.69) is 0 Å². The van der Waals surface area contributed by atoms with Crippen LogP contribution in [0.2, 0.25) is 0 Å². The van der Waals surface area contributed by atoms with E-state index >= 15 is 0 Å². The molecule has 0 saturated carbocycles. The third kappa shape index (κ3) is 3.48. The van der Waals surface area contributed by atoms with Gasteiger partial charge in [0.1, 0.15) is 11.8 Å². The van der Waals surface area contributed by atoms with Gasteiger partial charge in [-0.3, -0.25) is 4.79 Å². The first kappa shape index (κ1) is 16.5. The van der Waals surface area contributed by atoms with Crippen molar-refractivity contribution in [3.05, 3.63) is 23.8 Å². The summed E-state index contributed by atoms with van der Waals surface area (Å²) in [4.78, 5) is 25.4. The number of carbonyl (C=O) groups is 2. The molecule has 0 aromatic carbocycles. The van der Waals surface area contributed by atoms with Crippen LogP contribution in [0.4, 0.5) is 9.18 Å². The Morgan fingerprint density at radius 1 is 1.32 bits per heavy atom. The number of alkyl halides is 1. The molecular weight excluding hydrogens is 289 g/mol. The smallest absolute Gasteiger partial charge is 0.410 e. The van der Waals surface area contributed by atoms with Crippen molar-refractivity contribution in [1.82, 2.24) is 4.90 Å². The fourth-order valence-corrected chi connectivity index (χ4v) is 2.77. The number of carbonyl (C=O) groups excluding carboxylic acids is 2. The van der Waals surface area contributed by atoms with Crippen LogP contribution >= 0.6 is 0 Å². The van der Waals surface area contributed by atoms with Crippen molar-refractivity contribution in [1.29, 1.82) is 0 Å². The van der Waals surface area contributed by atoms with Crippen LogP contribution in [0.1, 0.15) is 20.8 Å². The van der Waals surface area contributed by atoms with Gasteiger partial charge in [0.05, 0.1) is 19.6 Å². The van der Waals surface area contributed by atoms with Crippen LogP contribution in [0, 0.1) is 11.8 Å². The number of likely N-dealkylation sites (tertiary alicyclic amines) is 1. The maximum Gasteiger partial charge on any atom is 0.410 e. The first-order valence-electron chi connectivity index (χ1n) is 7.31. The van der Waals surface area contributed by atoms with E-state index in [1.54, 1.807) is 39.0 Å². The molecule has 0 bridgehead atoms. The monoisotopic (exact) mass is 311 g/mol. The first-order chi connectivity index (χ1) is 10.2. The van der Waals surface area contributed by atoms with Gasteiger partial charge in [0.15, 0.2) is 0 Å². The zero-order valence-corrected chi connectivity index (χ0v) is 13.3. The van der Waals surface area contributed by atoms with Crippen LogP contribution in [0.5, 0.6) is 0 Å². The Labute approximate surface area is 129 Å². The van der Waals surface area contributed by atoms with Crippen molar-refractivity contribution in [2.24, 2.45) is 11.8 Å². The fourth-order valence-electron chi connectivity index (χ4n) is 2.77. The number of allylic oxidation sites excluding steroid dienone is 2. The topological polar surface area (TPSA) is 55.8 Å². The standard InChI is InChI=1S/C16H22FNO4/c1-16(2,3)22-15(20)18-8-12-10(13(17)9-18)6-5-7-11(12)14(19)21-4/h5-7,11-13H,8-9H2,1-4H3/t11-,12+,13-/m1/s1. The van der Waals surface area contributed by atoms with Crippen LogP contribution in [-0.4, -0.2) is 48.9 Å². The Kier molecular flexibility index (Phi) is 4.58. The Morgan fingerprint density at radius 2 is 2.00 bits per heavy atom. The SMILES string of the molecule is COC(=O)[C@@H]1C=CC=C2[C@H](F)CN(C(=O)OC(C)(C)C)C[C@@H]21. The third-order valence-electron chi connectivity index (χ3n) is 3.75. The summed E-state index contributed by atoms with van der Waals surface area (Å²) in [5, 5.41) is 0.